The van der Waals surface area contributed by atoms with Gasteiger partial charge in [-0.15, -0.1) is 0 Å². The third-order valence-corrected chi connectivity index (χ3v) is 5.94. The molecule has 0 saturated carbocycles. The van der Waals surface area contributed by atoms with Crippen molar-refractivity contribution in [2.24, 2.45) is 0 Å². The first-order valence-corrected chi connectivity index (χ1v) is 10.2. The van der Waals surface area contributed by atoms with Gasteiger partial charge in [0.2, 0.25) is 0 Å². The zero-order chi connectivity index (χ0) is 20.1. The predicted octanol–water partition coefficient (Wildman–Crippen LogP) is 3.98. The Bertz CT molecular complexity index is 870. The summed E-state index contributed by atoms with van der Waals surface area (Å²) in [6.07, 6.45) is 6.27. The molecular formula is C24H27NO4. The molecule has 29 heavy (non-hydrogen) atoms. The Morgan fingerprint density at radius 2 is 1.97 bits per heavy atom. The summed E-state index contributed by atoms with van der Waals surface area (Å²) in [6, 6.07) is 16.3. The molecule has 0 aromatic heterocycles. The fourth-order valence-electron chi connectivity index (χ4n) is 4.21. The minimum atomic E-state index is -0.731. The Morgan fingerprint density at radius 3 is 2.72 bits per heavy atom. The van der Waals surface area contributed by atoms with Gasteiger partial charge in [0.25, 0.3) is 0 Å². The van der Waals surface area contributed by atoms with E-state index in [1.54, 1.807) is 0 Å². The van der Waals surface area contributed by atoms with E-state index in [2.05, 4.69) is 29.2 Å². The van der Waals surface area contributed by atoms with Gasteiger partial charge < -0.3 is 19.5 Å². The van der Waals surface area contributed by atoms with E-state index in [-0.39, 0.29) is 11.8 Å². The molecule has 4 rings (SSSR count). The first-order valence-electron chi connectivity index (χ1n) is 10.2. The summed E-state index contributed by atoms with van der Waals surface area (Å²) >= 11 is 0. The highest BCUT2D eigenvalue weighted by molar-refractivity contribution is 5.66. The molecule has 0 bridgehead atoms. The van der Waals surface area contributed by atoms with Crippen molar-refractivity contribution < 1.29 is 19.4 Å². The summed E-state index contributed by atoms with van der Waals surface area (Å²) in [5.41, 5.74) is 2.48. The lowest BCUT2D eigenvalue weighted by Crippen LogP contribution is -2.44. The summed E-state index contributed by atoms with van der Waals surface area (Å²) in [6.45, 7) is 3.67. The van der Waals surface area contributed by atoms with Crippen molar-refractivity contribution in [2.75, 3.05) is 32.8 Å². The van der Waals surface area contributed by atoms with Crippen molar-refractivity contribution in [3.63, 3.8) is 0 Å². The van der Waals surface area contributed by atoms with E-state index in [1.165, 1.54) is 5.56 Å². The topological polar surface area (TPSA) is 59.0 Å². The fourth-order valence-corrected chi connectivity index (χ4v) is 4.21. The van der Waals surface area contributed by atoms with E-state index in [4.69, 9.17) is 14.6 Å². The maximum atomic E-state index is 10.8. The molecule has 0 amide bonds. The van der Waals surface area contributed by atoms with Gasteiger partial charge >= 0.3 is 5.97 Å². The molecule has 5 heteroatoms. The van der Waals surface area contributed by atoms with Crippen LogP contribution in [0.2, 0.25) is 0 Å². The van der Waals surface area contributed by atoms with E-state index in [0.717, 1.165) is 43.0 Å². The molecule has 0 radical (unpaired) electrons. The third kappa shape index (κ3) is 4.62. The van der Waals surface area contributed by atoms with Crippen LogP contribution in [0.5, 0.6) is 11.5 Å². The van der Waals surface area contributed by atoms with Crippen molar-refractivity contribution in [3.8, 4) is 11.5 Å². The summed E-state index contributed by atoms with van der Waals surface area (Å²) in [7, 11) is 0. The van der Waals surface area contributed by atoms with Crippen LogP contribution < -0.4 is 9.47 Å². The second-order valence-corrected chi connectivity index (χ2v) is 7.84. The Morgan fingerprint density at radius 1 is 1.17 bits per heavy atom. The zero-order valence-corrected chi connectivity index (χ0v) is 16.5. The minimum Gasteiger partial charge on any atom is -0.492 e. The van der Waals surface area contributed by atoms with E-state index in [0.29, 0.717) is 19.8 Å². The highest BCUT2D eigenvalue weighted by Gasteiger charge is 2.43. The lowest BCUT2D eigenvalue weighted by atomic mass is 9.74. The number of hydrogen-bond acceptors (Lipinski definition) is 4. The molecule has 2 heterocycles. The van der Waals surface area contributed by atoms with E-state index in [9.17, 15) is 4.79 Å². The van der Waals surface area contributed by atoms with Gasteiger partial charge in [-0.2, -0.15) is 0 Å². The van der Waals surface area contributed by atoms with Gasteiger partial charge in [0.15, 0.2) is 0 Å². The molecule has 152 valence electrons. The summed E-state index contributed by atoms with van der Waals surface area (Å²) in [5, 5.41) is 8.88. The van der Waals surface area contributed by atoms with Crippen molar-refractivity contribution in [1.82, 2.24) is 4.90 Å². The average Bonchev–Trinajstić information content (AvgIpc) is 3.09. The molecule has 0 unspecified atom stereocenters. The molecular weight excluding hydrogens is 366 g/mol. The molecule has 1 spiro atoms. The number of rotatable bonds is 7. The van der Waals surface area contributed by atoms with E-state index < -0.39 is 5.97 Å². The van der Waals surface area contributed by atoms with Gasteiger partial charge in [-0.3, -0.25) is 4.79 Å². The minimum absolute atomic E-state index is 0.0563. The summed E-state index contributed by atoms with van der Waals surface area (Å²) in [4.78, 5) is 13.0. The number of hydrogen-bond donors (Lipinski definition) is 1. The Balaban J connectivity index is 1.33. The molecule has 2 aliphatic rings. The number of benzene rings is 2. The molecule has 0 aliphatic carbocycles. The largest absolute Gasteiger partial charge is 0.492 e. The Kier molecular flexibility index (Phi) is 5.86. The van der Waals surface area contributed by atoms with Gasteiger partial charge in [0.05, 0.1) is 13.0 Å². The number of fused-ring (bicyclic) bond motifs is 2. The molecule has 1 saturated heterocycles. The number of carboxylic acids is 1. The molecule has 2 aromatic rings. The number of ether oxygens (including phenoxy) is 2. The number of carboxylic acid groups (broad SMARTS) is 1. The standard InChI is InChI=1S/C24H27NO4/c26-23(27)10-13-25-14-11-24(12-15-25)18-29-22-17-20(8-9-21(22)24)28-16-4-7-19-5-2-1-3-6-19/h1-9,17H,10-16,18H2,(H,26,27). The normalized spacial score (nSPS) is 17.9. The SMILES string of the molecule is O=C(O)CCN1CCC2(CC1)COc1cc(OCC=Cc3ccccc3)ccc12. The second-order valence-electron chi connectivity index (χ2n) is 7.84. The van der Waals surface area contributed by atoms with Gasteiger partial charge in [-0.25, -0.2) is 0 Å². The first-order chi connectivity index (χ1) is 14.1. The molecule has 0 atom stereocenters. The maximum absolute atomic E-state index is 10.8. The van der Waals surface area contributed by atoms with Crippen LogP contribution in [-0.4, -0.2) is 48.8 Å². The van der Waals surface area contributed by atoms with Gasteiger partial charge in [0, 0.05) is 23.6 Å². The number of carbonyl (C=O) groups is 1. The molecule has 5 nitrogen and oxygen atoms in total. The van der Waals surface area contributed by atoms with Crippen LogP contribution in [0.3, 0.4) is 0 Å². The van der Waals surface area contributed by atoms with Crippen LogP contribution in [0.25, 0.3) is 6.08 Å². The van der Waals surface area contributed by atoms with Gasteiger partial charge in [-0.1, -0.05) is 42.5 Å². The molecule has 2 aromatic carbocycles. The lowest BCUT2D eigenvalue weighted by molar-refractivity contribution is -0.137. The zero-order valence-electron chi connectivity index (χ0n) is 16.5. The number of piperidine rings is 1. The van der Waals surface area contributed by atoms with Crippen LogP contribution in [0.1, 0.15) is 30.4 Å². The highest BCUT2D eigenvalue weighted by atomic mass is 16.5. The number of aliphatic carboxylic acids is 1. The molecule has 1 N–H and O–H groups in total. The van der Waals surface area contributed by atoms with Crippen LogP contribution in [0, 0.1) is 0 Å². The van der Waals surface area contributed by atoms with Crippen LogP contribution in [-0.2, 0) is 10.2 Å². The maximum Gasteiger partial charge on any atom is 0.304 e. The fraction of sp³-hybridized carbons (Fsp3) is 0.375. The van der Waals surface area contributed by atoms with Crippen molar-refractivity contribution in [3.05, 3.63) is 65.7 Å². The van der Waals surface area contributed by atoms with Crippen LogP contribution in [0.15, 0.2) is 54.6 Å². The Labute approximate surface area is 171 Å². The van der Waals surface area contributed by atoms with Crippen molar-refractivity contribution in [2.45, 2.75) is 24.7 Å². The van der Waals surface area contributed by atoms with E-state index >= 15 is 0 Å². The smallest absolute Gasteiger partial charge is 0.304 e. The van der Waals surface area contributed by atoms with E-state index in [1.807, 2.05) is 36.4 Å². The first kappa shape index (κ1) is 19.5. The van der Waals surface area contributed by atoms with Crippen molar-refractivity contribution in [1.29, 1.82) is 0 Å². The molecule has 1 fully saturated rings. The van der Waals surface area contributed by atoms with Crippen LogP contribution >= 0.6 is 0 Å². The van der Waals surface area contributed by atoms with Crippen LogP contribution in [0.4, 0.5) is 0 Å². The van der Waals surface area contributed by atoms with Gasteiger partial charge in [0.1, 0.15) is 18.1 Å². The number of nitrogens with zero attached hydrogens (tertiary/aromatic N) is 1. The number of likely N-dealkylation sites (tertiary alicyclic amines) is 1. The van der Waals surface area contributed by atoms with Crippen molar-refractivity contribution >= 4 is 12.0 Å². The monoisotopic (exact) mass is 393 g/mol. The quantitative estimate of drug-likeness (QED) is 0.771. The highest BCUT2D eigenvalue weighted by Crippen LogP contribution is 2.46. The van der Waals surface area contributed by atoms with Gasteiger partial charge in [-0.05, 0) is 43.6 Å². The summed E-state index contributed by atoms with van der Waals surface area (Å²) in [5.74, 6) is 1.01. The summed E-state index contributed by atoms with van der Waals surface area (Å²) < 4.78 is 11.9. The average molecular weight is 393 g/mol. The lowest BCUT2D eigenvalue weighted by Gasteiger charge is -2.38. The Hall–Kier alpha value is -2.79. The second kappa shape index (κ2) is 8.70. The molecule has 2 aliphatic heterocycles. The third-order valence-electron chi connectivity index (χ3n) is 5.94. The predicted molar refractivity (Wildman–Crippen MR) is 113 cm³/mol.